The summed E-state index contributed by atoms with van der Waals surface area (Å²) in [4.78, 5) is 8.56. The zero-order valence-electron chi connectivity index (χ0n) is 4.01. The van der Waals surface area contributed by atoms with Gasteiger partial charge in [-0.1, -0.05) is 0 Å². The second kappa shape index (κ2) is 28.5. The first-order valence-corrected chi connectivity index (χ1v) is 0.651. The van der Waals surface area contributed by atoms with Crippen molar-refractivity contribution in [2.75, 3.05) is 0 Å². The van der Waals surface area contributed by atoms with Crippen LogP contribution in [0.5, 0.6) is 0 Å². The number of carboxylic acid groups (broad SMARTS) is 2. The van der Waals surface area contributed by atoms with Gasteiger partial charge in [0.2, 0.25) is 0 Å². The van der Waals surface area contributed by atoms with Crippen LogP contribution in [0, 0.1) is 0 Å². The van der Waals surface area contributed by atoms with Gasteiger partial charge in [0, 0.05) is 0 Å². The van der Waals surface area contributed by atoms with Crippen molar-refractivity contribution in [1.29, 1.82) is 0 Å². The Kier molecular flexibility index (Phi) is 158. The fraction of sp³-hybridized carbons (Fsp3) is 0. The Bertz CT molecular complexity index is 31.5. The molecule has 0 amide bonds. The molecule has 0 aliphatic rings. The maximum atomic E-state index is 8.56. The maximum absolute atomic E-state index is 8.56. The van der Waals surface area contributed by atoms with Gasteiger partial charge in [-0.25, -0.2) is 4.79 Å². The van der Waals surface area contributed by atoms with Crippen LogP contribution >= 0.6 is 0 Å². The first-order chi connectivity index (χ1) is 1.73. The van der Waals surface area contributed by atoms with Crippen LogP contribution in [0.3, 0.4) is 0 Å². The van der Waals surface area contributed by atoms with Crippen LogP contribution in [0.25, 0.3) is 0 Å². The molecule has 7 heteroatoms. The van der Waals surface area contributed by atoms with Gasteiger partial charge in [0.15, 0.2) is 0 Å². The second-order valence-corrected chi connectivity index (χ2v) is 0.283. The van der Waals surface area contributed by atoms with E-state index in [2.05, 4.69) is 0 Å². The molecule has 0 unspecified atom stereocenters. The molecule has 48 valence electrons. The summed E-state index contributed by atoms with van der Waals surface area (Å²) in [7, 11) is 0. The summed E-state index contributed by atoms with van der Waals surface area (Å²) in [5.41, 5.74) is 0. The van der Waals surface area contributed by atoms with Crippen molar-refractivity contribution in [3.63, 3.8) is 0 Å². The smallest absolute Gasteiger partial charge is 0.450 e. The number of hydrogen-bond donors (Lipinski definition) is 2. The minimum atomic E-state index is -1.83. The van der Waals surface area contributed by atoms with Crippen LogP contribution in [0.4, 0.5) is 4.79 Å². The molecule has 6 nitrogen and oxygen atoms in total. The van der Waals surface area contributed by atoms with E-state index in [0.29, 0.717) is 0 Å². The molecule has 8 N–H and O–H groups in total. The van der Waals surface area contributed by atoms with Crippen LogP contribution in [0.2, 0.25) is 0 Å². The molecule has 0 aliphatic heterocycles. The van der Waals surface area contributed by atoms with Crippen molar-refractivity contribution < 1.29 is 31.4 Å². The van der Waals surface area contributed by atoms with Gasteiger partial charge in [0.1, 0.15) is 0 Å². The van der Waals surface area contributed by atoms with Crippen molar-refractivity contribution in [1.82, 2.24) is 0 Å². The van der Waals surface area contributed by atoms with Crippen LogP contribution in [-0.4, -0.2) is 55.8 Å². The SMILES string of the molecule is O.O.O.O=C(O)O.[Mg+2]. The zero-order valence-corrected chi connectivity index (χ0v) is 5.42. The molecule has 0 saturated heterocycles. The maximum Gasteiger partial charge on any atom is 2.00 e. The van der Waals surface area contributed by atoms with Crippen LogP contribution < -0.4 is 0 Å². The van der Waals surface area contributed by atoms with Gasteiger partial charge in [-0.05, 0) is 0 Å². The van der Waals surface area contributed by atoms with Gasteiger partial charge in [-0.15, -0.1) is 0 Å². The molecule has 0 atom stereocenters. The van der Waals surface area contributed by atoms with E-state index in [9.17, 15) is 0 Å². The monoisotopic (exact) mass is 140 g/mol. The molecule has 0 rings (SSSR count). The first-order valence-electron chi connectivity index (χ1n) is 0.651. The van der Waals surface area contributed by atoms with Gasteiger partial charge in [-0.2, -0.15) is 0 Å². The van der Waals surface area contributed by atoms with E-state index >= 15 is 0 Å². The summed E-state index contributed by atoms with van der Waals surface area (Å²) in [6.07, 6.45) is -1.83. The van der Waals surface area contributed by atoms with Gasteiger partial charge < -0.3 is 26.6 Å². The summed E-state index contributed by atoms with van der Waals surface area (Å²) in [5.74, 6) is 0. The molecule has 0 heterocycles. The Balaban J connectivity index is -0.00000000750. The Morgan fingerprint density at radius 2 is 1.00 bits per heavy atom. The Hall–Kier alpha value is -0.0838. The quantitative estimate of drug-likeness (QED) is 0.354. The number of hydrogen-bond acceptors (Lipinski definition) is 1. The molecular weight excluding hydrogens is 132 g/mol. The molecule has 0 spiro atoms. The molecular formula is CH8MgO6+2. The predicted molar refractivity (Wildman–Crippen MR) is 27.2 cm³/mol. The van der Waals surface area contributed by atoms with Gasteiger partial charge in [-0.3, -0.25) is 0 Å². The summed E-state index contributed by atoms with van der Waals surface area (Å²) in [5, 5.41) is 13.9. The van der Waals surface area contributed by atoms with Crippen molar-refractivity contribution in [3.05, 3.63) is 0 Å². The topological polar surface area (TPSA) is 152 Å². The normalized spacial score (nSPS) is 3.00. The Morgan fingerprint density at radius 1 is 1.00 bits per heavy atom. The van der Waals surface area contributed by atoms with Gasteiger partial charge >= 0.3 is 29.2 Å². The van der Waals surface area contributed by atoms with Gasteiger partial charge in [0.25, 0.3) is 0 Å². The third-order valence-electron chi connectivity index (χ3n) is 0. The fourth-order valence-corrected chi connectivity index (χ4v) is 0. The third-order valence-corrected chi connectivity index (χ3v) is 0. The Morgan fingerprint density at radius 3 is 1.00 bits per heavy atom. The Labute approximate surface area is 61.2 Å². The summed E-state index contributed by atoms with van der Waals surface area (Å²) < 4.78 is 0. The van der Waals surface area contributed by atoms with Gasteiger partial charge in [0.05, 0.1) is 0 Å². The first kappa shape index (κ1) is 44.5. The molecule has 0 fully saturated rings. The van der Waals surface area contributed by atoms with E-state index in [0.717, 1.165) is 0 Å². The van der Waals surface area contributed by atoms with E-state index < -0.39 is 6.16 Å². The summed E-state index contributed by atoms with van der Waals surface area (Å²) >= 11 is 0. The average Bonchev–Trinajstić information content (AvgIpc) is 0.811. The second-order valence-electron chi connectivity index (χ2n) is 0.283. The minimum Gasteiger partial charge on any atom is -0.450 e. The molecule has 0 aromatic heterocycles. The molecule has 0 bridgehead atoms. The summed E-state index contributed by atoms with van der Waals surface area (Å²) in [6, 6.07) is 0. The zero-order chi connectivity index (χ0) is 3.58. The largest absolute Gasteiger partial charge is 2.00 e. The number of rotatable bonds is 0. The third kappa shape index (κ3) is 20400. The van der Waals surface area contributed by atoms with Crippen LogP contribution in [0.15, 0.2) is 0 Å². The number of carbonyl (C=O) groups is 1. The van der Waals surface area contributed by atoms with E-state index in [1.54, 1.807) is 0 Å². The van der Waals surface area contributed by atoms with E-state index in [-0.39, 0.29) is 39.5 Å². The minimum absolute atomic E-state index is 0. The standard InChI is InChI=1S/CH2O3.Mg.3H2O/c2-1(3)4;;;;/h(H2,2,3,4);;3*1H2/q;+2;;;. The molecule has 0 aromatic carbocycles. The predicted octanol–water partition coefficient (Wildman–Crippen LogP) is -2.63. The molecule has 0 aromatic rings. The van der Waals surface area contributed by atoms with E-state index in [1.165, 1.54) is 0 Å². The molecule has 0 saturated carbocycles. The fourth-order valence-electron chi connectivity index (χ4n) is 0. The molecule has 8 heavy (non-hydrogen) atoms. The van der Waals surface area contributed by atoms with Crippen molar-refractivity contribution in [2.45, 2.75) is 0 Å². The summed E-state index contributed by atoms with van der Waals surface area (Å²) in [6.45, 7) is 0. The van der Waals surface area contributed by atoms with Crippen LogP contribution in [0.1, 0.15) is 0 Å². The van der Waals surface area contributed by atoms with Crippen molar-refractivity contribution >= 4 is 29.2 Å². The van der Waals surface area contributed by atoms with Crippen molar-refractivity contribution in [3.8, 4) is 0 Å². The molecule has 0 aliphatic carbocycles. The van der Waals surface area contributed by atoms with E-state index in [1.807, 2.05) is 0 Å². The molecule has 0 radical (unpaired) electrons. The van der Waals surface area contributed by atoms with Crippen molar-refractivity contribution in [2.24, 2.45) is 0 Å². The van der Waals surface area contributed by atoms with Crippen LogP contribution in [-0.2, 0) is 0 Å². The van der Waals surface area contributed by atoms with E-state index in [4.69, 9.17) is 15.0 Å². The average molecular weight is 140 g/mol.